The van der Waals surface area contributed by atoms with Crippen molar-refractivity contribution < 1.29 is 28.6 Å². The number of carbonyl (C=O) groups is 2. The van der Waals surface area contributed by atoms with Gasteiger partial charge in [0.2, 0.25) is 5.91 Å². The molecule has 0 radical (unpaired) electrons. The Labute approximate surface area is 213 Å². The molecular formula is C28H28FN3O5. The quantitative estimate of drug-likeness (QED) is 0.386. The van der Waals surface area contributed by atoms with Crippen LogP contribution in [0.4, 0.5) is 20.6 Å². The molecule has 192 valence electrons. The molecule has 4 atom stereocenters. The average Bonchev–Trinajstić information content (AvgIpc) is 3.25. The summed E-state index contributed by atoms with van der Waals surface area (Å²) in [5, 5.41) is 18.4. The number of aliphatic hydroxyl groups is 1. The van der Waals surface area contributed by atoms with E-state index < -0.39 is 12.2 Å². The molecule has 0 spiro atoms. The number of fused-ring (bicyclic) bond motifs is 3. The number of hydrogen-bond donors (Lipinski definition) is 4. The number of anilines is 2. The third kappa shape index (κ3) is 5.90. The van der Waals surface area contributed by atoms with E-state index >= 15 is 0 Å². The Balaban J connectivity index is 1.23. The lowest BCUT2D eigenvalue weighted by Gasteiger charge is -2.37. The number of carbonyl (C=O) groups excluding carboxylic acids is 2. The Morgan fingerprint density at radius 2 is 1.78 bits per heavy atom. The molecule has 3 aromatic carbocycles. The molecule has 3 amide bonds. The third-order valence-corrected chi connectivity index (χ3v) is 6.58. The van der Waals surface area contributed by atoms with Crippen LogP contribution in [0.5, 0.6) is 5.75 Å². The van der Waals surface area contributed by atoms with Crippen LogP contribution in [0, 0.1) is 5.82 Å². The molecule has 37 heavy (non-hydrogen) atoms. The van der Waals surface area contributed by atoms with Crippen LogP contribution in [0.3, 0.4) is 0 Å². The van der Waals surface area contributed by atoms with Gasteiger partial charge < -0.3 is 30.5 Å². The van der Waals surface area contributed by atoms with Crippen molar-refractivity contribution in [1.82, 2.24) is 5.32 Å². The molecule has 1 fully saturated rings. The predicted molar refractivity (Wildman–Crippen MR) is 136 cm³/mol. The highest BCUT2D eigenvalue weighted by Crippen LogP contribution is 2.47. The average molecular weight is 506 g/mol. The highest BCUT2D eigenvalue weighted by atomic mass is 19.1. The van der Waals surface area contributed by atoms with Gasteiger partial charge in [0.15, 0.2) is 0 Å². The lowest BCUT2D eigenvalue weighted by molar-refractivity contribution is -0.142. The molecule has 2 aliphatic rings. The molecule has 8 nitrogen and oxygen atoms in total. The fourth-order valence-corrected chi connectivity index (χ4v) is 4.91. The van der Waals surface area contributed by atoms with E-state index in [1.165, 1.54) is 12.1 Å². The summed E-state index contributed by atoms with van der Waals surface area (Å²) in [4.78, 5) is 25.0. The van der Waals surface area contributed by atoms with Crippen molar-refractivity contribution in [2.45, 2.75) is 43.6 Å². The number of ether oxygens (including phenoxy) is 2. The van der Waals surface area contributed by atoms with Crippen molar-refractivity contribution in [2.24, 2.45) is 0 Å². The summed E-state index contributed by atoms with van der Waals surface area (Å²) < 4.78 is 25.5. The first kappa shape index (κ1) is 24.7. The van der Waals surface area contributed by atoms with Gasteiger partial charge in [-0.05, 0) is 54.4 Å². The largest absolute Gasteiger partial charge is 0.487 e. The molecule has 0 unspecified atom stereocenters. The van der Waals surface area contributed by atoms with Crippen molar-refractivity contribution >= 4 is 23.3 Å². The molecule has 0 bridgehead atoms. The van der Waals surface area contributed by atoms with Gasteiger partial charge in [-0.2, -0.15) is 0 Å². The lowest BCUT2D eigenvalue weighted by Crippen LogP contribution is -2.47. The molecule has 0 aliphatic carbocycles. The Morgan fingerprint density at radius 1 is 0.973 bits per heavy atom. The van der Waals surface area contributed by atoms with E-state index in [-0.39, 0.29) is 49.3 Å². The number of nitrogens with one attached hydrogen (secondary N) is 3. The van der Waals surface area contributed by atoms with Crippen LogP contribution in [0.1, 0.15) is 29.9 Å². The molecule has 4 N–H and O–H groups in total. The fraction of sp³-hybridized carbons (Fsp3) is 0.286. The van der Waals surface area contributed by atoms with Gasteiger partial charge in [0.25, 0.3) is 0 Å². The van der Waals surface area contributed by atoms with E-state index in [2.05, 4.69) is 16.0 Å². The summed E-state index contributed by atoms with van der Waals surface area (Å²) in [6, 6.07) is 20.3. The van der Waals surface area contributed by atoms with E-state index in [0.717, 1.165) is 5.56 Å². The lowest BCUT2D eigenvalue weighted by atomic mass is 9.84. The van der Waals surface area contributed by atoms with E-state index in [1.54, 1.807) is 36.4 Å². The minimum atomic E-state index is -0.593. The molecular weight excluding hydrogens is 477 g/mol. The van der Waals surface area contributed by atoms with Gasteiger partial charge in [0, 0.05) is 29.4 Å². The fourth-order valence-electron chi connectivity index (χ4n) is 4.91. The maximum atomic E-state index is 13.4. The minimum Gasteiger partial charge on any atom is -0.487 e. The summed E-state index contributed by atoms with van der Waals surface area (Å²) >= 11 is 0. The molecule has 1 saturated heterocycles. The molecule has 3 aromatic rings. The number of benzene rings is 3. The minimum absolute atomic E-state index is 0.0990. The van der Waals surface area contributed by atoms with Gasteiger partial charge in [-0.3, -0.25) is 4.79 Å². The molecule has 0 aromatic heterocycles. The first-order valence-electron chi connectivity index (χ1n) is 12.2. The number of rotatable bonds is 7. The summed E-state index contributed by atoms with van der Waals surface area (Å²) in [5.41, 5.74) is 2.85. The van der Waals surface area contributed by atoms with Crippen molar-refractivity contribution in [2.75, 3.05) is 17.2 Å². The molecule has 2 heterocycles. The van der Waals surface area contributed by atoms with Crippen LogP contribution in [0.25, 0.3) is 0 Å². The number of amides is 3. The second-order valence-corrected chi connectivity index (χ2v) is 9.21. The first-order valence-corrected chi connectivity index (χ1v) is 12.2. The van der Waals surface area contributed by atoms with Crippen LogP contribution >= 0.6 is 0 Å². The predicted octanol–water partition coefficient (Wildman–Crippen LogP) is 4.17. The molecule has 5 rings (SSSR count). The third-order valence-electron chi connectivity index (χ3n) is 6.58. The van der Waals surface area contributed by atoms with E-state index in [0.29, 0.717) is 29.1 Å². The van der Waals surface area contributed by atoms with Gasteiger partial charge in [-0.1, -0.05) is 30.3 Å². The standard InChI is InChI=1S/C28H28FN3O5/c29-18-6-4-5-17(11-18)15-30-26(34)14-21-13-23-22-12-20(32-28(35)31-19-7-2-1-3-8-19)9-10-24(22)37-27(23)25(16-33)36-21/h1-12,21,23,25,27,33H,13-16H2,(H,30,34)(H2,31,32,35)/t21-,23+,25-,27-/m0/s1. The smallest absolute Gasteiger partial charge is 0.323 e. The monoisotopic (exact) mass is 505 g/mol. The number of halogens is 1. The van der Waals surface area contributed by atoms with Gasteiger partial charge >= 0.3 is 6.03 Å². The second kappa shape index (κ2) is 11.0. The second-order valence-electron chi connectivity index (χ2n) is 9.21. The maximum Gasteiger partial charge on any atom is 0.323 e. The highest BCUT2D eigenvalue weighted by molar-refractivity contribution is 5.99. The van der Waals surface area contributed by atoms with Crippen molar-refractivity contribution in [1.29, 1.82) is 0 Å². The summed E-state index contributed by atoms with van der Waals surface area (Å²) in [6.45, 7) is -0.0357. The number of urea groups is 1. The maximum absolute atomic E-state index is 13.4. The van der Waals surface area contributed by atoms with Crippen LogP contribution in [-0.2, 0) is 16.1 Å². The van der Waals surface area contributed by atoms with Gasteiger partial charge in [-0.25, -0.2) is 9.18 Å². The molecule has 2 aliphatic heterocycles. The Bertz CT molecular complexity index is 1270. The van der Waals surface area contributed by atoms with Crippen molar-refractivity contribution in [3.8, 4) is 5.75 Å². The van der Waals surface area contributed by atoms with Crippen molar-refractivity contribution in [3.05, 3.63) is 89.7 Å². The Morgan fingerprint density at radius 3 is 2.57 bits per heavy atom. The topological polar surface area (TPSA) is 109 Å². The normalized spacial score (nSPS) is 21.8. The summed E-state index contributed by atoms with van der Waals surface area (Å²) in [7, 11) is 0. The van der Waals surface area contributed by atoms with E-state index in [9.17, 15) is 19.1 Å². The van der Waals surface area contributed by atoms with Crippen LogP contribution in [0.2, 0.25) is 0 Å². The summed E-state index contributed by atoms with van der Waals surface area (Å²) in [5.74, 6) is -0.0230. The first-order chi connectivity index (χ1) is 18.0. The number of aliphatic hydroxyl groups excluding tert-OH is 1. The van der Waals surface area contributed by atoms with Crippen LogP contribution < -0.4 is 20.7 Å². The zero-order valence-corrected chi connectivity index (χ0v) is 20.0. The number of para-hydroxylation sites is 1. The Hall–Kier alpha value is -3.95. The van der Waals surface area contributed by atoms with E-state index in [1.807, 2.05) is 24.3 Å². The van der Waals surface area contributed by atoms with Gasteiger partial charge in [0.1, 0.15) is 23.8 Å². The Kier molecular flexibility index (Phi) is 7.34. The van der Waals surface area contributed by atoms with Crippen LogP contribution in [0.15, 0.2) is 72.8 Å². The van der Waals surface area contributed by atoms with E-state index in [4.69, 9.17) is 9.47 Å². The zero-order chi connectivity index (χ0) is 25.8. The summed E-state index contributed by atoms with van der Waals surface area (Å²) in [6.07, 6.45) is -0.799. The van der Waals surface area contributed by atoms with Crippen LogP contribution in [-0.4, -0.2) is 42.0 Å². The SMILES string of the molecule is O=C(C[C@@H]1C[C@@H]2c3cc(NC(=O)Nc4ccccc4)ccc3O[C@@H]2[C@H](CO)O1)NCc1cccc(F)c1. The highest BCUT2D eigenvalue weighted by Gasteiger charge is 2.46. The van der Waals surface area contributed by atoms with Gasteiger partial charge in [-0.15, -0.1) is 0 Å². The van der Waals surface area contributed by atoms with Crippen molar-refractivity contribution in [3.63, 3.8) is 0 Å². The number of hydrogen-bond acceptors (Lipinski definition) is 5. The zero-order valence-electron chi connectivity index (χ0n) is 20.0. The molecule has 0 saturated carbocycles. The molecule has 9 heteroatoms. The van der Waals surface area contributed by atoms with Gasteiger partial charge in [0.05, 0.1) is 19.1 Å².